The number of nitrogens with zero attached hydrogens (tertiary/aromatic N) is 3. The summed E-state index contributed by atoms with van der Waals surface area (Å²) >= 11 is 0. The van der Waals surface area contributed by atoms with Gasteiger partial charge in [0.05, 0.1) is 17.4 Å². The van der Waals surface area contributed by atoms with Crippen molar-refractivity contribution in [2.24, 2.45) is 0 Å². The summed E-state index contributed by atoms with van der Waals surface area (Å²) in [5.74, 6) is -0.394. The Labute approximate surface area is 182 Å². The largest absolute Gasteiger partial charge is 0.389 e. The van der Waals surface area contributed by atoms with Gasteiger partial charge < -0.3 is 15.4 Å². The zero-order chi connectivity index (χ0) is 21.9. The lowest BCUT2D eigenvalue weighted by Crippen LogP contribution is -2.28. The van der Waals surface area contributed by atoms with Crippen LogP contribution in [0.15, 0.2) is 12.3 Å². The Morgan fingerprint density at radius 2 is 1.37 bits per heavy atom. The molecule has 1 heterocycles. The van der Waals surface area contributed by atoms with Gasteiger partial charge >= 0.3 is 5.82 Å². The van der Waals surface area contributed by atoms with Gasteiger partial charge in [0.2, 0.25) is 5.91 Å². The fourth-order valence-electron chi connectivity index (χ4n) is 3.64. The van der Waals surface area contributed by atoms with E-state index >= 15 is 0 Å². The van der Waals surface area contributed by atoms with Gasteiger partial charge in [-0.3, -0.25) is 4.79 Å². The van der Waals surface area contributed by atoms with Crippen LogP contribution in [0.4, 0.5) is 5.82 Å². The van der Waals surface area contributed by atoms with Crippen molar-refractivity contribution in [3.05, 3.63) is 22.4 Å². The minimum atomic E-state index is -0.565. The van der Waals surface area contributed by atoms with Crippen LogP contribution in [0.25, 0.3) is 0 Å². The number of hydrogen-bond donors (Lipinski definition) is 1. The van der Waals surface area contributed by atoms with Crippen molar-refractivity contribution >= 4 is 11.7 Å². The molecule has 7 nitrogen and oxygen atoms in total. The molecule has 1 rings (SSSR count). The van der Waals surface area contributed by atoms with Gasteiger partial charge in [-0.15, -0.1) is 0 Å². The highest BCUT2D eigenvalue weighted by Crippen LogP contribution is 2.13. The third kappa shape index (κ3) is 14.1. The molecule has 1 aromatic heterocycles. The summed E-state index contributed by atoms with van der Waals surface area (Å²) < 4.78 is 1.29. The standard InChI is InChI=1S/C23H42N4O3/c1-2-3-4-5-6-7-8-9-10-11-12-13-14-15-16-17-19-24-23(28)21-26-20-18-22(25-26)27(29)30/h18,20H,2-17,19,21H2,1H3,(H,24,28). The SMILES string of the molecule is CCCCCCCCCCCCCCCCCCNC(=O)Cn1ccc([N+](=O)[O-])n1. The Bertz CT molecular complexity index is 575. The third-order valence-electron chi connectivity index (χ3n) is 5.47. The number of carbonyl (C=O) groups excluding carboxylic acids is 1. The second-order valence-corrected chi connectivity index (χ2v) is 8.28. The average molecular weight is 423 g/mol. The lowest BCUT2D eigenvalue weighted by atomic mass is 10.0. The van der Waals surface area contributed by atoms with E-state index in [9.17, 15) is 14.9 Å². The van der Waals surface area contributed by atoms with Crippen molar-refractivity contribution in [3.8, 4) is 0 Å². The fraction of sp³-hybridized carbons (Fsp3) is 0.826. The van der Waals surface area contributed by atoms with Crippen LogP contribution in [0.2, 0.25) is 0 Å². The molecule has 172 valence electrons. The Hall–Kier alpha value is -1.92. The van der Waals surface area contributed by atoms with Crippen molar-refractivity contribution in [1.29, 1.82) is 0 Å². The molecule has 7 heteroatoms. The van der Waals surface area contributed by atoms with Crippen molar-refractivity contribution in [2.75, 3.05) is 6.54 Å². The summed E-state index contributed by atoms with van der Waals surface area (Å²) in [5, 5.41) is 17.2. The molecule has 0 saturated carbocycles. The first-order valence-corrected chi connectivity index (χ1v) is 12.1. The normalized spacial score (nSPS) is 11.0. The van der Waals surface area contributed by atoms with Gasteiger partial charge in [-0.1, -0.05) is 103 Å². The molecule has 0 unspecified atom stereocenters. The number of aromatic nitrogens is 2. The molecular formula is C23H42N4O3. The number of rotatable bonds is 20. The maximum absolute atomic E-state index is 11.8. The molecule has 30 heavy (non-hydrogen) atoms. The van der Waals surface area contributed by atoms with E-state index in [1.54, 1.807) is 0 Å². The van der Waals surface area contributed by atoms with Gasteiger partial charge in [-0.05, 0) is 11.3 Å². The van der Waals surface area contributed by atoms with Crippen molar-refractivity contribution < 1.29 is 9.72 Å². The molecule has 0 aliphatic carbocycles. The molecule has 0 atom stereocenters. The Morgan fingerprint density at radius 1 is 0.900 bits per heavy atom. The van der Waals surface area contributed by atoms with Crippen molar-refractivity contribution in [2.45, 2.75) is 116 Å². The fourth-order valence-corrected chi connectivity index (χ4v) is 3.64. The second-order valence-electron chi connectivity index (χ2n) is 8.28. The molecule has 0 saturated heterocycles. The van der Waals surface area contributed by atoms with Crippen LogP contribution in [-0.2, 0) is 11.3 Å². The number of carbonyl (C=O) groups is 1. The van der Waals surface area contributed by atoms with Crippen LogP contribution in [0.3, 0.4) is 0 Å². The first kappa shape index (κ1) is 26.1. The average Bonchev–Trinajstić information content (AvgIpc) is 3.19. The topological polar surface area (TPSA) is 90.1 Å². The zero-order valence-electron chi connectivity index (χ0n) is 18.9. The van der Waals surface area contributed by atoms with E-state index in [-0.39, 0.29) is 18.3 Å². The van der Waals surface area contributed by atoms with Gasteiger partial charge in [0.1, 0.15) is 6.54 Å². The highest BCUT2D eigenvalue weighted by atomic mass is 16.6. The lowest BCUT2D eigenvalue weighted by Gasteiger charge is -2.05. The maximum atomic E-state index is 11.8. The summed E-state index contributed by atoms with van der Waals surface area (Å²) in [4.78, 5) is 21.8. The predicted octanol–water partition coefficient (Wildman–Crippen LogP) is 6.17. The summed E-state index contributed by atoms with van der Waals surface area (Å²) in [6, 6.07) is 1.29. The molecule has 1 aromatic rings. The monoisotopic (exact) mass is 422 g/mol. The van der Waals surface area contributed by atoms with Crippen LogP contribution < -0.4 is 5.32 Å². The van der Waals surface area contributed by atoms with E-state index in [2.05, 4.69) is 17.3 Å². The summed E-state index contributed by atoms with van der Waals surface area (Å²) in [6.07, 6.45) is 22.7. The molecular weight excluding hydrogens is 380 g/mol. The molecule has 0 aliphatic heterocycles. The number of unbranched alkanes of at least 4 members (excludes halogenated alkanes) is 15. The minimum Gasteiger partial charge on any atom is -0.358 e. The maximum Gasteiger partial charge on any atom is 0.389 e. The summed E-state index contributed by atoms with van der Waals surface area (Å²) in [5.41, 5.74) is 0. The van der Waals surface area contributed by atoms with E-state index in [0.717, 1.165) is 12.8 Å². The molecule has 1 N–H and O–H groups in total. The molecule has 0 aromatic carbocycles. The highest BCUT2D eigenvalue weighted by Gasteiger charge is 2.12. The molecule has 0 spiro atoms. The number of hydrogen-bond acceptors (Lipinski definition) is 4. The highest BCUT2D eigenvalue weighted by molar-refractivity contribution is 5.75. The summed E-state index contributed by atoms with van der Waals surface area (Å²) in [7, 11) is 0. The van der Waals surface area contributed by atoms with Crippen LogP contribution >= 0.6 is 0 Å². The Balaban J connectivity index is 1.81. The van der Waals surface area contributed by atoms with Gasteiger partial charge in [0.15, 0.2) is 0 Å². The van der Waals surface area contributed by atoms with E-state index in [1.165, 1.54) is 107 Å². The number of amides is 1. The van der Waals surface area contributed by atoms with Crippen LogP contribution in [0.5, 0.6) is 0 Å². The molecule has 0 aliphatic rings. The lowest BCUT2D eigenvalue weighted by molar-refractivity contribution is -0.389. The van der Waals surface area contributed by atoms with Crippen LogP contribution in [0, 0.1) is 10.1 Å². The Morgan fingerprint density at radius 3 is 1.80 bits per heavy atom. The van der Waals surface area contributed by atoms with Gasteiger partial charge in [-0.25, -0.2) is 0 Å². The summed E-state index contributed by atoms with van der Waals surface area (Å²) in [6.45, 7) is 2.94. The van der Waals surface area contributed by atoms with E-state index in [4.69, 9.17) is 0 Å². The van der Waals surface area contributed by atoms with Gasteiger partial charge in [-0.2, -0.15) is 4.68 Å². The first-order valence-electron chi connectivity index (χ1n) is 12.1. The van der Waals surface area contributed by atoms with Crippen LogP contribution in [-0.4, -0.2) is 27.2 Å². The zero-order valence-corrected chi connectivity index (χ0v) is 18.9. The van der Waals surface area contributed by atoms with Crippen molar-refractivity contribution in [3.63, 3.8) is 0 Å². The quantitative estimate of drug-likeness (QED) is 0.155. The molecule has 1 amide bonds. The van der Waals surface area contributed by atoms with Gasteiger partial charge in [0, 0.05) is 6.54 Å². The predicted molar refractivity (Wildman–Crippen MR) is 121 cm³/mol. The van der Waals surface area contributed by atoms with Crippen LogP contribution in [0.1, 0.15) is 110 Å². The van der Waals surface area contributed by atoms with Crippen molar-refractivity contribution in [1.82, 2.24) is 15.1 Å². The van der Waals surface area contributed by atoms with E-state index < -0.39 is 4.92 Å². The number of nitro groups is 1. The molecule has 0 bridgehead atoms. The first-order chi connectivity index (χ1) is 14.6. The third-order valence-corrected chi connectivity index (χ3v) is 5.47. The smallest absolute Gasteiger partial charge is 0.358 e. The van der Waals surface area contributed by atoms with E-state index in [0.29, 0.717) is 6.54 Å². The van der Waals surface area contributed by atoms with E-state index in [1.807, 2.05) is 0 Å². The Kier molecular flexibility index (Phi) is 15.6. The molecule has 0 radical (unpaired) electrons. The molecule has 0 fully saturated rings. The number of nitrogens with one attached hydrogen (secondary N) is 1. The van der Waals surface area contributed by atoms with Gasteiger partial charge in [0.25, 0.3) is 0 Å². The second kappa shape index (κ2) is 17.9. The minimum absolute atomic E-state index is 0.0205.